The highest BCUT2D eigenvalue weighted by atomic mass is 16.5. The molecule has 0 fully saturated rings. The van der Waals surface area contributed by atoms with E-state index < -0.39 is 0 Å². The number of hydrogen-bond donors (Lipinski definition) is 1. The highest BCUT2D eigenvalue weighted by Crippen LogP contribution is 2.39. The van der Waals surface area contributed by atoms with Gasteiger partial charge in [0.25, 0.3) is 0 Å². The van der Waals surface area contributed by atoms with Gasteiger partial charge in [0, 0.05) is 29.4 Å². The lowest BCUT2D eigenvalue weighted by Crippen LogP contribution is -2.25. The maximum Gasteiger partial charge on any atom is 0.224 e. The second kappa shape index (κ2) is 10.6. The largest absolute Gasteiger partial charge is 0.493 e. The predicted octanol–water partition coefficient (Wildman–Crippen LogP) is 4.42. The first-order valence-corrected chi connectivity index (χ1v) is 10.9. The van der Waals surface area contributed by atoms with Crippen molar-refractivity contribution >= 4 is 5.91 Å². The van der Waals surface area contributed by atoms with Gasteiger partial charge >= 0.3 is 0 Å². The molecule has 7 nitrogen and oxygen atoms in total. The van der Waals surface area contributed by atoms with Crippen LogP contribution in [-0.2, 0) is 17.8 Å². The van der Waals surface area contributed by atoms with Gasteiger partial charge in [-0.25, -0.2) is 4.68 Å². The first-order valence-electron chi connectivity index (χ1n) is 10.9. The van der Waals surface area contributed by atoms with Gasteiger partial charge in [-0.3, -0.25) is 4.79 Å². The first-order chi connectivity index (χ1) is 16.6. The van der Waals surface area contributed by atoms with Gasteiger partial charge in [-0.1, -0.05) is 54.6 Å². The fraction of sp³-hybridized carbons (Fsp3) is 0.185. The molecular formula is C27H27N3O4. The van der Waals surface area contributed by atoms with E-state index >= 15 is 0 Å². The molecule has 1 amide bonds. The SMILES string of the molecule is COc1ccc(CC(=O)NCc2cn(-c3ccccc3)nc2-c2ccccc2)c(OC)c1OC. The van der Waals surface area contributed by atoms with Crippen molar-refractivity contribution in [1.29, 1.82) is 0 Å². The number of nitrogens with one attached hydrogen (secondary N) is 1. The van der Waals surface area contributed by atoms with E-state index in [1.165, 1.54) is 0 Å². The van der Waals surface area contributed by atoms with E-state index in [-0.39, 0.29) is 12.3 Å². The van der Waals surface area contributed by atoms with Crippen molar-refractivity contribution in [3.05, 3.63) is 90.1 Å². The van der Waals surface area contributed by atoms with Gasteiger partial charge in [-0.15, -0.1) is 0 Å². The van der Waals surface area contributed by atoms with Crippen LogP contribution < -0.4 is 19.5 Å². The second-order valence-corrected chi connectivity index (χ2v) is 7.60. The van der Waals surface area contributed by atoms with Crippen LogP contribution in [0.1, 0.15) is 11.1 Å². The van der Waals surface area contributed by atoms with Gasteiger partial charge in [0.1, 0.15) is 0 Å². The minimum Gasteiger partial charge on any atom is -0.493 e. The van der Waals surface area contributed by atoms with Gasteiger partial charge < -0.3 is 19.5 Å². The molecule has 0 atom stereocenters. The number of para-hydroxylation sites is 1. The standard InChI is InChI=1S/C27H27N3O4/c1-32-23-15-14-20(26(33-2)27(23)34-3)16-24(31)28-17-21-18-30(22-12-8-5-9-13-22)29-25(21)19-10-6-4-7-11-19/h4-15,18H,16-17H2,1-3H3,(H,28,31). The van der Waals surface area contributed by atoms with Crippen LogP contribution in [0.3, 0.4) is 0 Å². The first kappa shape index (κ1) is 22.9. The van der Waals surface area contributed by atoms with Gasteiger partial charge in [-0.05, 0) is 18.2 Å². The molecule has 0 unspecified atom stereocenters. The summed E-state index contributed by atoms with van der Waals surface area (Å²) in [7, 11) is 4.64. The Morgan fingerprint density at radius 1 is 0.824 bits per heavy atom. The zero-order valence-corrected chi connectivity index (χ0v) is 19.4. The van der Waals surface area contributed by atoms with E-state index in [9.17, 15) is 4.79 Å². The van der Waals surface area contributed by atoms with Crippen molar-refractivity contribution in [2.45, 2.75) is 13.0 Å². The van der Waals surface area contributed by atoms with Crippen molar-refractivity contribution in [2.24, 2.45) is 0 Å². The molecule has 0 aliphatic rings. The van der Waals surface area contributed by atoms with E-state index in [1.807, 2.05) is 77.6 Å². The Kier molecular flexibility index (Phi) is 7.13. The Balaban J connectivity index is 1.56. The third kappa shape index (κ3) is 4.88. The molecule has 0 radical (unpaired) electrons. The molecule has 0 aliphatic heterocycles. The molecular weight excluding hydrogens is 430 g/mol. The Bertz CT molecular complexity index is 1250. The number of ether oxygens (including phenoxy) is 3. The average Bonchev–Trinajstić information content (AvgIpc) is 3.32. The molecule has 0 aliphatic carbocycles. The summed E-state index contributed by atoms with van der Waals surface area (Å²) < 4.78 is 18.1. The minimum atomic E-state index is -0.142. The van der Waals surface area contributed by atoms with Crippen LogP contribution in [0.4, 0.5) is 0 Å². The molecule has 1 heterocycles. The third-order valence-corrected chi connectivity index (χ3v) is 5.47. The molecule has 4 rings (SSSR count). The summed E-state index contributed by atoms with van der Waals surface area (Å²) in [4.78, 5) is 12.9. The van der Waals surface area contributed by atoms with E-state index in [1.54, 1.807) is 27.4 Å². The van der Waals surface area contributed by atoms with Crippen LogP contribution in [0, 0.1) is 0 Å². The molecule has 0 spiro atoms. The van der Waals surface area contributed by atoms with Crippen LogP contribution in [0.2, 0.25) is 0 Å². The Labute approximate surface area is 198 Å². The molecule has 3 aromatic carbocycles. The highest BCUT2D eigenvalue weighted by molar-refractivity contribution is 5.80. The number of aromatic nitrogens is 2. The lowest BCUT2D eigenvalue weighted by atomic mass is 10.1. The zero-order chi connectivity index (χ0) is 23.9. The molecule has 7 heteroatoms. The number of hydrogen-bond acceptors (Lipinski definition) is 5. The van der Waals surface area contributed by atoms with E-state index in [0.29, 0.717) is 29.4 Å². The lowest BCUT2D eigenvalue weighted by molar-refractivity contribution is -0.120. The summed E-state index contributed by atoms with van der Waals surface area (Å²) in [5.41, 5.74) is 4.40. The third-order valence-electron chi connectivity index (χ3n) is 5.47. The molecule has 4 aromatic rings. The number of benzene rings is 3. The quantitative estimate of drug-likeness (QED) is 0.403. The summed E-state index contributed by atoms with van der Waals surface area (Å²) >= 11 is 0. The van der Waals surface area contributed by atoms with Crippen molar-refractivity contribution in [3.8, 4) is 34.2 Å². The zero-order valence-electron chi connectivity index (χ0n) is 19.4. The summed E-state index contributed by atoms with van der Waals surface area (Å²) in [6, 6.07) is 23.4. The van der Waals surface area contributed by atoms with Crippen LogP contribution >= 0.6 is 0 Å². The van der Waals surface area contributed by atoms with Crippen molar-refractivity contribution in [2.75, 3.05) is 21.3 Å². The number of amides is 1. The van der Waals surface area contributed by atoms with E-state index in [0.717, 1.165) is 22.5 Å². The number of methoxy groups -OCH3 is 3. The maximum atomic E-state index is 12.9. The van der Waals surface area contributed by atoms with Crippen molar-refractivity contribution in [3.63, 3.8) is 0 Å². The molecule has 0 saturated heterocycles. The monoisotopic (exact) mass is 457 g/mol. The highest BCUT2D eigenvalue weighted by Gasteiger charge is 2.19. The molecule has 34 heavy (non-hydrogen) atoms. The number of rotatable bonds is 9. The van der Waals surface area contributed by atoms with Crippen LogP contribution in [0.25, 0.3) is 16.9 Å². The number of carbonyl (C=O) groups excluding carboxylic acids is 1. The van der Waals surface area contributed by atoms with Crippen molar-refractivity contribution < 1.29 is 19.0 Å². The minimum absolute atomic E-state index is 0.136. The molecule has 1 N–H and O–H groups in total. The average molecular weight is 458 g/mol. The lowest BCUT2D eigenvalue weighted by Gasteiger charge is -2.15. The topological polar surface area (TPSA) is 74.6 Å². The van der Waals surface area contributed by atoms with Gasteiger partial charge in [-0.2, -0.15) is 5.10 Å². The van der Waals surface area contributed by atoms with Crippen LogP contribution in [0.15, 0.2) is 79.0 Å². The fourth-order valence-corrected chi connectivity index (χ4v) is 3.82. The Morgan fingerprint density at radius 3 is 2.15 bits per heavy atom. The van der Waals surface area contributed by atoms with E-state index in [4.69, 9.17) is 19.3 Å². The molecule has 0 bridgehead atoms. The molecule has 174 valence electrons. The summed E-state index contributed by atoms with van der Waals surface area (Å²) in [6.07, 6.45) is 2.09. The second-order valence-electron chi connectivity index (χ2n) is 7.60. The number of carbonyl (C=O) groups is 1. The van der Waals surface area contributed by atoms with Gasteiger partial charge in [0.2, 0.25) is 11.7 Å². The summed E-state index contributed by atoms with van der Waals surface area (Å²) in [5.74, 6) is 1.35. The van der Waals surface area contributed by atoms with Gasteiger partial charge in [0.15, 0.2) is 11.5 Å². The Morgan fingerprint density at radius 2 is 1.50 bits per heavy atom. The number of nitrogens with zero attached hydrogens (tertiary/aromatic N) is 2. The summed E-state index contributed by atoms with van der Waals surface area (Å²) in [5, 5.41) is 7.82. The fourth-order valence-electron chi connectivity index (χ4n) is 3.82. The molecule has 0 saturated carbocycles. The molecule has 1 aromatic heterocycles. The normalized spacial score (nSPS) is 10.6. The summed E-state index contributed by atoms with van der Waals surface area (Å²) in [6.45, 7) is 0.339. The predicted molar refractivity (Wildman–Crippen MR) is 131 cm³/mol. The maximum absolute atomic E-state index is 12.9. The van der Waals surface area contributed by atoms with Crippen LogP contribution in [0.5, 0.6) is 17.2 Å². The Hall–Kier alpha value is -4.26. The van der Waals surface area contributed by atoms with Crippen LogP contribution in [-0.4, -0.2) is 37.0 Å². The van der Waals surface area contributed by atoms with E-state index in [2.05, 4.69) is 5.32 Å². The smallest absolute Gasteiger partial charge is 0.224 e. The van der Waals surface area contributed by atoms with Crippen molar-refractivity contribution in [1.82, 2.24) is 15.1 Å². The van der Waals surface area contributed by atoms with Gasteiger partial charge in [0.05, 0.1) is 39.1 Å².